The number of carbonyl (C=O) groups is 1. The number of amides is 1. The molecule has 1 aromatic carbocycles. The average molecular weight is 314 g/mol. The Morgan fingerprint density at radius 2 is 2.43 bits per heavy atom. The third-order valence-electron chi connectivity index (χ3n) is 3.63. The first-order valence-electron chi connectivity index (χ1n) is 6.83. The second-order valence-corrected chi connectivity index (χ2v) is 5.48. The van der Waals surface area contributed by atoms with E-state index in [1.165, 1.54) is 0 Å². The Bertz CT molecular complexity index is 512. The number of ether oxygens (including phenoxy) is 1. The van der Waals surface area contributed by atoms with E-state index in [9.17, 15) is 9.90 Å². The molecule has 1 amide bonds. The van der Waals surface area contributed by atoms with Gasteiger partial charge in [-0.05, 0) is 25.1 Å². The number of nitrogens with zero attached hydrogens (tertiary/aromatic N) is 1. The van der Waals surface area contributed by atoms with Gasteiger partial charge >= 0.3 is 0 Å². The molecule has 116 valence electrons. The lowest BCUT2D eigenvalue weighted by molar-refractivity contribution is -0.125. The second-order valence-electron chi connectivity index (χ2n) is 5.05. The largest absolute Gasteiger partial charge is 0.397 e. The van der Waals surface area contributed by atoms with E-state index in [4.69, 9.17) is 22.1 Å². The van der Waals surface area contributed by atoms with Crippen LogP contribution in [0.4, 0.5) is 11.4 Å². The number of aliphatic hydroxyl groups is 1. The van der Waals surface area contributed by atoms with Crippen LogP contribution >= 0.6 is 11.6 Å². The van der Waals surface area contributed by atoms with Gasteiger partial charge in [-0.1, -0.05) is 11.6 Å². The van der Waals surface area contributed by atoms with Crippen molar-refractivity contribution in [2.75, 3.05) is 37.4 Å². The van der Waals surface area contributed by atoms with Crippen molar-refractivity contribution in [1.29, 1.82) is 0 Å². The van der Waals surface area contributed by atoms with Gasteiger partial charge in [0, 0.05) is 11.6 Å². The summed E-state index contributed by atoms with van der Waals surface area (Å²) in [5.74, 6) is -0.190. The van der Waals surface area contributed by atoms with Crippen LogP contribution in [-0.4, -0.2) is 54.4 Å². The summed E-state index contributed by atoms with van der Waals surface area (Å²) in [6.07, 6.45) is 0. The number of nitrogens with two attached hydrogens (primary N) is 1. The van der Waals surface area contributed by atoms with Crippen LogP contribution in [0.15, 0.2) is 18.2 Å². The summed E-state index contributed by atoms with van der Waals surface area (Å²) in [7, 11) is 0. The Kier molecular flexibility index (Phi) is 5.41. The van der Waals surface area contributed by atoms with Gasteiger partial charge in [0.1, 0.15) is 0 Å². The van der Waals surface area contributed by atoms with Crippen molar-refractivity contribution < 1.29 is 14.6 Å². The van der Waals surface area contributed by atoms with Gasteiger partial charge < -0.3 is 20.9 Å². The summed E-state index contributed by atoms with van der Waals surface area (Å²) in [6, 6.07) is 4.36. The molecule has 4 N–H and O–H groups in total. The molecule has 1 aliphatic heterocycles. The lowest BCUT2D eigenvalue weighted by Crippen LogP contribution is -2.55. The highest BCUT2D eigenvalue weighted by Gasteiger charge is 2.30. The molecule has 1 fully saturated rings. The minimum atomic E-state index is -0.399. The molecule has 0 saturated carbocycles. The first-order valence-corrected chi connectivity index (χ1v) is 7.21. The van der Waals surface area contributed by atoms with Crippen molar-refractivity contribution in [1.82, 2.24) is 4.90 Å². The maximum atomic E-state index is 12.4. The molecule has 1 aromatic rings. The number of carbonyl (C=O) groups excluding carboxylic acids is 1. The zero-order chi connectivity index (χ0) is 15.4. The predicted molar refractivity (Wildman–Crippen MR) is 82.4 cm³/mol. The molecule has 1 saturated heterocycles. The third-order valence-corrected chi connectivity index (χ3v) is 3.87. The van der Waals surface area contributed by atoms with Crippen LogP contribution < -0.4 is 11.1 Å². The number of halogens is 1. The lowest BCUT2D eigenvalue weighted by atomic mass is 10.1. The normalized spacial score (nSPS) is 21.0. The van der Waals surface area contributed by atoms with Crippen LogP contribution in [0.2, 0.25) is 5.02 Å². The van der Waals surface area contributed by atoms with Gasteiger partial charge in [0.25, 0.3) is 0 Å². The fourth-order valence-corrected chi connectivity index (χ4v) is 2.53. The Hall–Kier alpha value is -1.34. The van der Waals surface area contributed by atoms with Crippen LogP contribution in [0.5, 0.6) is 0 Å². The van der Waals surface area contributed by atoms with Gasteiger partial charge in [0.05, 0.1) is 43.3 Å². The van der Waals surface area contributed by atoms with E-state index in [-0.39, 0.29) is 18.6 Å². The first kappa shape index (κ1) is 16.0. The standard InChI is InChI=1S/C14H20ClN3O3/c1-9(18-4-5-21-8-11(18)7-19)14(20)17-13-6-10(15)2-3-12(13)16/h2-3,6,9,11,19H,4-5,7-8,16H2,1H3,(H,17,20). The molecule has 0 aromatic heterocycles. The molecular formula is C14H20ClN3O3. The fraction of sp³-hybridized carbons (Fsp3) is 0.500. The van der Waals surface area contributed by atoms with Crippen molar-refractivity contribution in [2.24, 2.45) is 0 Å². The molecule has 0 spiro atoms. The van der Waals surface area contributed by atoms with E-state index < -0.39 is 6.04 Å². The van der Waals surface area contributed by atoms with E-state index in [2.05, 4.69) is 5.32 Å². The fourth-order valence-electron chi connectivity index (χ4n) is 2.36. The molecule has 1 aliphatic rings. The Morgan fingerprint density at radius 1 is 1.67 bits per heavy atom. The van der Waals surface area contributed by atoms with Crippen molar-refractivity contribution in [3.8, 4) is 0 Å². The van der Waals surface area contributed by atoms with Crippen molar-refractivity contribution in [2.45, 2.75) is 19.0 Å². The number of nitrogens with one attached hydrogen (secondary N) is 1. The predicted octanol–water partition coefficient (Wildman–Crippen LogP) is 0.942. The lowest BCUT2D eigenvalue weighted by Gasteiger charge is -2.37. The summed E-state index contributed by atoms with van der Waals surface area (Å²) < 4.78 is 5.32. The van der Waals surface area contributed by atoms with Crippen molar-refractivity contribution >= 4 is 28.9 Å². The van der Waals surface area contributed by atoms with Gasteiger partial charge in [-0.3, -0.25) is 9.69 Å². The van der Waals surface area contributed by atoms with E-state index in [1.54, 1.807) is 25.1 Å². The molecule has 2 unspecified atom stereocenters. The highest BCUT2D eigenvalue weighted by molar-refractivity contribution is 6.31. The van der Waals surface area contributed by atoms with E-state index in [0.29, 0.717) is 36.2 Å². The Morgan fingerprint density at radius 3 is 3.14 bits per heavy atom. The number of hydrogen-bond donors (Lipinski definition) is 3. The maximum absolute atomic E-state index is 12.4. The van der Waals surface area contributed by atoms with Crippen molar-refractivity contribution in [3.63, 3.8) is 0 Å². The summed E-state index contributed by atoms with van der Waals surface area (Å²) >= 11 is 5.91. The number of nitrogen functional groups attached to an aromatic ring is 1. The monoisotopic (exact) mass is 313 g/mol. The van der Waals surface area contributed by atoms with Crippen LogP contribution in [-0.2, 0) is 9.53 Å². The zero-order valence-electron chi connectivity index (χ0n) is 11.9. The second kappa shape index (κ2) is 7.09. The average Bonchev–Trinajstić information content (AvgIpc) is 2.50. The molecule has 21 heavy (non-hydrogen) atoms. The summed E-state index contributed by atoms with van der Waals surface area (Å²) in [5.41, 5.74) is 6.78. The third kappa shape index (κ3) is 3.85. The van der Waals surface area contributed by atoms with Gasteiger partial charge in [-0.25, -0.2) is 0 Å². The maximum Gasteiger partial charge on any atom is 0.241 e. The molecular weight excluding hydrogens is 294 g/mol. The summed E-state index contributed by atoms with van der Waals surface area (Å²) in [5, 5.41) is 12.7. The zero-order valence-corrected chi connectivity index (χ0v) is 12.6. The molecule has 1 heterocycles. The highest BCUT2D eigenvalue weighted by atomic mass is 35.5. The number of rotatable bonds is 4. The van der Waals surface area contributed by atoms with Gasteiger partial charge in [-0.2, -0.15) is 0 Å². The number of morpholine rings is 1. The molecule has 0 aliphatic carbocycles. The quantitative estimate of drug-likeness (QED) is 0.720. The van der Waals surface area contributed by atoms with Gasteiger partial charge in [0.15, 0.2) is 0 Å². The summed E-state index contributed by atoms with van der Waals surface area (Å²) in [4.78, 5) is 14.3. The van der Waals surface area contributed by atoms with Gasteiger partial charge in [0.2, 0.25) is 5.91 Å². The summed E-state index contributed by atoms with van der Waals surface area (Å²) in [6.45, 7) is 3.33. The molecule has 6 nitrogen and oxygen atoms in total. The molecule has 7 heteroatoms. The minimum Gasteiger partial charge on any atom is -0.397 e. The van der Waals surface area contributed by atoms with Crippen LogP contribution in [0, 0.1) is 0 Å². The number of aliphatic hydroxyl groups excluding tert-OH is 1. The minimum absolute atomic E-state index is 0.0447. The molecule has 2 rings (SSSR count). The van der Waals surface area contributed by atoms with Gasteiger partial charge in [-0.15, -0.1) is 0 Å². The van der Waals surface area contributed by atoms with E-state index >= 15 is 0 Å². The Labute approximate surface area is 128 Å². The molecule has 0 bridgehead atoms. The van der Waals surface area contributed by atoms with Crippen LogP contribution in [0.1, 0.15) is 6.92 Å². The number of hydrogen-bond acceptors (Lipinski definition) is 5. The highest BCUT2D eigenvalue weighted by Crippen LogP contribution is 2.23. The van der Waals surface area contributed by atoms with Crippen molar-refractivity contribution in [3.05, 3.63) is 23.2 Å². The Balaban J connectivity index is 2.06. The topological polar surface area (TPSA) is 87.8 Å². The van der Waals surface area contributed by atoms with Crippen LogP contribution in [0.25, 0.3) is 0 Å². The SMILES string of the molecule is CC(C(=O)Nc1cc(Cl)ccc1N)N1CCOCC1CO. The number of anilines is 2. The van der Waals surface area contributed by atoms with E-state index in [1.807, 2.05) is 4.90 Å². The molecule has 0 radical (unpaired) electrons. The first-order chi connectivity index (χ1) is 10.0. The number of benzene rings is 1. The van der Waals surface area contributed by atoms with Crippen LogP contribution in [0.3, 0.4) is 0 Å². The molecule has 2 atom stereocenters. The smallest absolute Gasteiger partial charge is 0.241 e. The van der Waals surface area contributed by atoms with E-state index in [0.717, 1.165) is 0 Å².